The van der Waals surface area contributed by atoms with Crippen LogP contribution in [-0.2, 0) is 9.59 Å². The van der Waals surface area contributed by atoms with E-state index in [1.54, 1.807) is 7.05 Å². The van der Waals surface area contributed by atoms with Crippen molar-refractivity contribution >= 4 is 24.2 Å². The Kier molecular flexibility index (Phi) is 6.27. The van der Waals surface area contributed by atoms with Crippen LogP contribution in [0.15, 0.2) is 0 Å². The largest absolute Gasteiger partial charge is 0.359 e. The van der Waals surface area contributed by atoms with E-state index in [0.717, 1.165) is 45.2 Å². The number of nitrogens with zero attached hydrogens (tertiary/aromatic N) is 1. The number of hydrogen-bond acceptors (Lipinski definition) is 3. The molecule has 5 nitrogen and oxygen atoms in total. The Morgan fingerprint density at radius 1 is 1.30 bits per heavy atom. The number of likely N-dealkylation sites (tertiary alicyclic amines) is 1. The summed E-state index contributed by atoms with van der Waals surface area (Å²) in [5.41, 5.74) is -0.428. The van der Waals surface area contributed by atoms with E-state index in [1.807, 2.05) is 11.8 Å². The fourth-order valence-electron chi connectivity index (χ4n) is 3.17. The third-order valence-electron chi connectivity index (χ3n) is 4.42. The standard InChI is InChI=1S/C14H25N3O2.ClH/c1-14(7-3-4-8-16-14)13(19)17-9-5-6-11(10-17)12(18)15-2;/h11,16H,3-10H2,1-2H3,(H,15,18);1H. The van der Waals surface area contributed by atoms with Gasteiger partial charge in [-0.3, -0.25) is 9.59 Å². The molecule has 2 aliphatic rings. The van der Waals surface area contributed by atoms with Crippen LogP contribution in [0.2, 0.25) is 0 Å². The molecule has 2 unspecified atom stereocenters. The van der Waals surface area contributed by atoms with Crippen molar-refractivity contribution < 1.29 is 9.59 Å². The fourth-order valence-corrected chi connectivity index (χ4v) is 3.17. The first-order valence-corrected chi connectivity index (χ1v) is 7.33. The molecule has 6 heteroatoms. The number of amides is 2. The van der Waals surface area contributed by atoms with Crippen molar-refractivity contribution in [3.05, 3.63) is 0 Å². The predicted octanol–water partition coefficient (Wildman–Crippen LogP) is 0.925. The van der Waals surface area contributed by atoms with Gasteiger partial charge in [-0.15, -0.1) is 12.4 Å². The second-order valence-electron chi connectivity index (χ2n) is 5.92. The van der Waals surface area contributed by atoms with Crippen molar-refractivity contribution in [2.24, 2.45) is 5.92 Å². The lowest BCUT2D eigenvalue weighted by Crippen LogP contribution is -2.60. The topological polar surface area (TPSA) is 61.4 Å². The van der Waals surface area contributed by atoms with E-state index < -0.39 is 5.54 Å². The first-order valence-electron chi connectivity index (χ1n) is 7.33. The Morgan fingerprint density at radius 2 is 2.05 bits per heavy atom. The first kappa shape index (κ1) is 17.2. The van der Waals surface area contributed by atoms with Crippen LogP contribution in [0.4, 0.5) is 0 Å². The lowest BCUT2D eigenvalue weighted by Gasteiger charge is -2.40. The Labute approximate surface area is 127 Å². The molecule has 2 rings (SSSR count). The molecule has 0 saturated carbocycles. The van der Waals surface area contributed by atoms with E-state index in [-0.39, 0.29) is 30.1 Å². The van der Waals surface area contributed by atoms with Crippen molar-refractivity contribution in [1.82, 2.24) is 15.5 Å². The van der Waals surface area contributed by atoms with Crippen molar-refractivity contribution in [2.45, 2.75) is 44.6 Å². The maximum Gasteiger partial charge on any atom is 0.242 e. The summed E-state index contributed by atoms with van der Waals surface area (Å²) in [6, 6.07) is 0. The number of carbonyl (C=O) groups is 2. The lowest BCUT2D eigenvalue weighted by atomic mass is 9.87. The Bertz CT molecular complexity index is 356. The second-order valence-corrected chi connectivity index (χ2v) is 5.92. The quantitative estimate of drug-likeness (QED) is 0.797. The molecular formula is C14H26ClN3O2. The molecule has 2 saturated heterocycles. The number of hydrogen-bond donors (Lipinski definition) is 2. The molecule has 0 radical (unpaired) electrons. The first-order chi connectivity index (χ1) is 9.07. The SMILES string of the molecule is CNC(=O)C1CCCN(C(=O)C2(C)CCCCN2)C1.Cl. The summed E-state index contributed by atoms with van der Waals surface area (Å²) in [5, 5.41) is 6.05. The van der Waals surface area contributed by atoms with Gasteiger partial charge in [0.2, 0.25) is 11.8 Å². The van der Waals surface area contributed by atoms with E-state index in [2.05, 4.69) is 10.6 Å². The summed E-state index contributed by atoms with van der Waals surface area (Å²) in [5.74, 6) is 0.176. The zero-order chi connectivity index (χ0) is 13.9. The molecule has 2 N–H and O–H groups in total. The molecule has 2 fully saturated rings. The molecule has 0 spiro atoms. The Balaban J connectivity index is 0.00000200. The molecule has 0 aliphatic carbocycles. The normalized spacial score (nSPS) is 30.3. The maximum absolute atomic E-state index is 12.7. The number of carbonyl (C=O) groups excluding carboxylic acids is 2. The second kappa shape index (κ2) is 7.27. The highest BCUT2D eigenvalue weighted by Gasteiger charge is 2.39. The molecule has 0 bridgehead atoms. The third kappa shape index (κ3) is 3.64. The van der Waals surface area contributed by atoms with Gasteiger partial charge in [-0.2, -0.15) is 0 Å². The average molecular weight is 304 g/mol. The van der Waals surface area contributed by atoms with Gasteiger partial charge in [0.15, 0.2) is 0 Å². The third-order valence-corrected chi connectivity index (χ3v) is 4.42. The van der Waals surface area contributed by atoms with Gasteiger partial charge in [-0.05, 0) is 45.6 Å². The summed E-state index contributed by atoms with van der Waals surface area (Å²) < 4.78 is 0. The van der Waals surface area contributed by atoms with Crippen LogP contribution in [0.5, 0.6) is 0 Å². The van der Waals surface area contributed by atoms with Crippen LogP contribution in [-0.4, -0.2) is 48.9 Å². The van der Waals surface area contributed by atoms with E-state index in [4.69, 9.17) is 0 Å². The van der Waals surface area contributed by atoms with E-state index >= 15 is 0 Å². The van der Waals surface area contributed by atoms with Gasteiger partial charge in [0.05, 0.1) is 11.5 Å². The molecule has 2 heterocycles. The van der Waals surface area contributed by atoms with Gasteiger partial charge in [0.1, 0.15) is 0 Å². The number of nitrogens with one attached hydrogen (secondary N) is 2. The molecule has 2 atom stereocenters. The zero-order valence-corrected chi connectivity index (χ0v) is 13.2. The molecule has 116 valence electrons. The van der Waals surface area contributed by atoms with Gasteiger partial charge in [-0.1, -0.05) is 0 Å². The Morgan fingerprint density at radius 3 is 2.65 bits per heavy atom. The van der Waals surface area contributed by atoms with Crippen LogP contribution in [0.3, 0.4) is 0 Å². The van der Waals surface area contributed by atoms with E-state index in [0.29, 0.717) is 6.54 Å². The number of piperidine rings is 2. The minimum absolute atomic E-state index is 0. The van der Waals surface area contributed by atoms with E-state index in [1.165, 1.54) is 0 Å². The van der Waals surface area contributed by atoms with Crippen LogP contribution >= 0.6 is 12.4 Å². The zero-order valence-electron chi connectivity index (χ0n) is 12.4. The van der Waals surface area contributed by atoms with Crippen LogP contribution in [0.1, 0.15) is 39.0 Å². The van der Waals surface area contributed by atoms with Gasteiger partial charge in [-0.25, -0.2) is 0 Å². The smallest absolute Gasteiger partial charge is 0.242 e. The molecule has 0 aromatic heterocycles. The summed E-state index contributed by atoms with van der Waals surface area (Å²) >= 11 is 0. The fraction of sp³-hybridized carbons (Fsp3) is 0.857. The lowest BCUT2D eigenvalue weighted by molar-refractivity contribution is -0.142. The van der Waals surface area contributed by atoms with Crippen molar-refractivity contribution in [3.63, 3.8) is 0 Å². The molecular weight excluding hydrogens is 278 g/mol. The van der Waals surface area contributed by atoms with Crippen LogP contribution in [0.25, 0.3) is 0 Å². The minimum Gasteiger partial charge on any atom is -0.359 e. The van der Waals surface area contributed by atoms with Gasteiger partial charge in [0, 0.05) is 20.1 Å². The minimum atomic E-state index is -0.428. The van der Waals surface area contributed by atoms with E-state index in [9.17, 15) is 9.59 Å². The monoisotopic (exact) mass is 303 g/mol. The van der Waals surface area contributed by atoms with Crippen molar-refractivity contribution in [3.8, 4) is 0 Å². The van der Waals surface area contributed by atoms with Crippen molar-refractivity contribution in [1.29, 1.82) is 0 Å². The molecule has 2 amide bonds. The summed E-state index contributed by atoms with van der Waals surface area (Å²) in [6.07, 6.45) is 4.94. The summed E-state index contributed by atoms with van der Waals surface area (Å²) in [6.45, 7) is 4.26. The van der Waals surface area contributed by atoms with Gasteiger partial charge >= 0.3 is 0 Å². The molecule has 20 heavy (non-hydrogen) atoms. The van der Waals surface area contributed by atoms with Gasteiger partial charge < -0.3 is 15.5 Å². The highest BCUT2D eigenvalue weighted by molar-refractivity contribution is 5.87. The predicted molar refractivity (Wildman–Crippen MR) is 80.9 cm³/mol. The molecule has 0 aromatic rings. The summed E-state index contributed by atoms with van der Waals surface area (Å²) in [7, 11) is 1.66. The average Bonchev–Trinajstić information content (AvgIpc) is 2.46. The molecule has 0 aromatic carbocycles. The summed E-state index contributed by atoms with van der Waals surface area (Å²) in [4.78, 5) is 26.3. The number of rotatable bonds is 2. The highest BCUT2D eigenvalue weighted by Crippen LogP contribution is 2.25. The molecule has 2 aliphatic heterocycles. The highest BCUT2D eigenvalue weighted by atomic mass is 35.5. The maximum atomic E-state index is 12.7. The Hall–Kier alpha value is -0.810. The van der Waals surface area contributed by atoms with Crippen molar-refractivity contribution in [2.75, 3.05) is 26.7 Å². The van der Waals surface area contributed by atoms with Crippen LogP contribution in [0, 0.1) is 5.92 Å². The van der Waals surface area contributed by atoms with Gasteiger partial charge in [0.25, 0.3) is 0 Å². The number of halogens is 1. The van der Waals surface area contributed by atoms with Crippen LogP contribution < -0.4 is 10.6 Å².